The van der Waals surface area contributed by atoms with E-state index in [1.54, 1.807) is 6.92 Å². The Labute approximate surface area is 247 Å². The first-order valence-electron chi connectivity index (χ1n) is 13.4. The van der Waals surface area contributed by atoms with Gasteiger partial charge in [-0.1, -0.05) is 5.21 Å². The average molecular weight is 632 g/mol. The van der Waals surface area contributed by atoms with Crippen LogP contribution in [0, 0.1) is 24.4 Å². The molecule has 3 heterocycles. The van der Waals surface area contributed by atoms with Crippen LogP contribution in [-0.2, 0) is 9.47 Å². The highest BCUT2D eigenvalue weighted by molar-refractivity contribution is 8.00. The highest BCUT2D eigenvalue weighted by Crippen LogP contribution is 2.53. The van der Waals surface area contributed by atoms with Crippen LogP contribution >= 0.6 is 11.8 Å². The van der Waals surface area contributed by atoms with Crippen molar-refractivity contribution in [3.63, 3.8) is 0 Å². The summed E-state index contributed by atoms with van der Waals surface area (Å²) in [6, 6.07) is 0.412. The Morgan fingerprint density at radius 3 is 2.37 bits per heavy atom. The van der Waals surface area contributed by atoms with Gasteiger partial charge in [0, 0.05) is 37.9 Å². The molecule has 2 aromatic heterocycles. The Kier molecular flexibility index (Phi) is 9.07. The van der Waals surface area contributed by atoms with Crippen molar-refractivity contribution in [2.24, 2.45) is 0 Å². The van der Waals surface area contributed by atoms with Gasteiger partial charge in [0.1, 0.15) is 35.5 Å². The molecule has 2 fully saturated rings. The molecule has 0 amide bonds. The van der Waals surface area contributed by atoms with Gasteiger partial charge in [0.15, 0.2) is 17.5 Å². The smallest absolute Gasteiger partial charge is 0.248 e. The lowest BCUT2D eigenvalue weighted by atomic mass is 9.79. The number of thioether (sulfide) groups is 1. The molecule has 6 atom stereocenters. The lowest BCUT2D eigenvalue weighted by molar-refractivity contribution is -0.186. The maximum atomic E-state index is 14.1. The molecular formula is C27H30F5N5O5S. The Morgan fingerprint density at radius 2 is 1.77 bits per heavy atom. The second-order valence-electron chi connectivity index (χ2n) is 10.7. The number of halogens is 5. The van der Waals surface area contributed by atoms with E-state index >= 15 is 0 Å². The van der Waals surface area contributed by atoms with Crippen LogP contribution in [0.15, 0.2) is 30.7 Å². The van der Waals surface area contributed by atoms with E-state index in [0.29, 0.717) is 11.4 Å². The van der Waals surface area contributed by atoms with Gasteiger partial charge in [0.05, 0.1) is 35.0 Å². The summed E-state index contributed by atoms with van der Waals surface area (Å²) in [5.41, 5.74) is -2.00. The number of ether oxygens (including phenoxy) is 2. The molecular weight excluding hydrogens is 601 g/mol. The van der Waals surface area contributed by atoms with Crippen LogP contribution in [0.3, 0.4) is 0 Å². The molecule has 1 aliphatic heterocycles. The number of aromatic nitrogens is 5. The van der Waals surface area contributed by atoms with Crippen LogP contribution in [0.2, 0.25) is 0 Å². The molecule has 10 nitrogen and oxygen atoms in total. The van der Waals surface area contributed by atoms with E-state index in [-0.39, 0.29) is 24.1 Å². The minimum atomic E-state index is -2.92. The fourth-order valence-corrected chi connectivity index (χ4v) is 7.30. The quantitative estimate of drug-likeness (QED) is 0.250. The number of rotatable bonds is 8. The van der Waals surface area contributed by atoms with Crippen molar-refractivity contribution in [1.29, 1.82) is 0 Å². The van der Waals surface area contributed by atoms with Crippen LogP contribution < -0.4 is 0 Å². The Morgan fingerprint density at radius 1 is 1.12 bits per heavy atom. The molecule has 1 unspecified atom stereocenters. The van der Waals surface area contributed by atoms with Gasteiger partial charge < -0.3 is 24.8 Å². The number of nitrogens with zero attached hydrogens (tertiary/aromatic N) is 5. The zero-order chi connectivity index (χ0) is 31.1. The van der Waals surface area contributed by atoms with Crippen LogP contribution in [-0.4, -0.2) is 89.3 Å². The maximum Gasteiger partial charge on any atom is 0.248 e. The van der Waals surface area contributed by atoms with E-state index in [0.717, 1.165) is 23.9 Å². The molecule has 3 N–H and O–H groups in total. The van der Waals surface area contributed by atoms with E-state index in [1.807, 2.05) is 0 Å². The highest BCUT2D eigenvalue weighted by atomic mass is 32.2. The van der Waals surface area contributed by atoms with Crippen molar-refractivity contribution in [1.82, 2.24) is 25.0 Å². The van der Waals surface area contributed by atoms with Crippen molar-refractivity contribution in [3.8, 4) is 11.3 Å². The lowest BCUT2D eigenvalue weighted by Crippen LogP contribution is -2.56. The molecule has 1 aliphatic carbocycles. The molecule has 0 bridgehead atoms. The third-order valence-corrected chi connectivity index (χ3v) is 9.55. The Balaban J connectivity index is 1.50. The van der Waals surface area contributed by atoms with Crippen molar-refractivity contribution in [3.05, 3.63) is 59.6 Å². The zero-order valence-corrected chi connectivity index (χ0v) is 23.9. The minimum Gasteiger partial charge on any atom is -0.394 e. The lowest BCUT2D eigenvalue weighted by Gasteiger charge is -2.47. The number of aryl methyl sites for hydroxylation is 1. The van der Waals surface area contributed by atoms with E-state index in [1.165, 1.54) is 30.4 Å². The number of methoxy groups -OCH3 is 1. The van der Waals surface area contributed by atoms with Gasteiger partial charge in [-0.15, -0.1) is 16.9 Å². The number of alkyl halides is 2. The SMILES string of the molecule is CO[C@@H]1[C@@H](n2cc(-c3cc(F)c(F)c(F)c3)nn2)[C@@H](O)[C@@H](CO)O[C@H]1SC(c1nccnc1C)C1(O)CCC(F)(F)CC1. The summed E-state index contributed by atoms with van der Waals surface area (Å²) < 4.78 is 82.5. The van der Waals surface area contributed by atoms with Crippen molar-refractivity contribution < 1.29 is 46.7 Å². The van der Waals surface area contributed by atoms with E-state index < -0.39 is 83.5 Å². The fourth-order valence-electron chi connectivity index (χ4n) is 5.55. The summed E-state index contributed by atoms with van der Waals surface area (Å²) in [6.07, 6.45) is -1.01. The maximum absolute atomic E-state index is 14.1. The van der Waals surface area contributed by atoms with Gasteiger partial charge in [0.2, 0.25) is 5.92 Å². The second-order valence-corrected chi connectivity index (χ2v) is 12.0. The topological polar surface area (TPSA) is 136 Å². The first-order chi connectivity index (χ1) is 20.4. The number of hydrogen-bond acceptors (Lipinski definition) is 10. The van der Waals surface area contributed by atoms with Gasteiger partial charge in [-0.25, -0.2) is 26.6 Å². The number of hydrogen-bond donors (Lipinski definition) is 3. The molecule has 5 rings (SSSR count). The summed E-state index contributed by atoms with van der Waals surface area (Å²) in [5, 5.41) is 40.0. The predicted octanol–water partition coefficient (Wildman–Crippen LogP) is 3.51. The van der Waals surface area contributed by atoms with Gasteiger partial charge in [-0.05, 0) is 31.9 Å². The molecule has 1 aromatic carbocycles. The van der Waals surface area contributed by atoms with Crippen molar-refractivity contribution in [2.45, 2.75) is 79.2 Å². The van der Waals surface area contributed by atoms with Crippen LogP contribution in [0.4, 0.5) is 22.0 Å². The molecule has 1 saturated carbocycles. The van der Waals surface area contributed by atoms with Gasteiger partial charge >= 0.3 is 0 Å². The third kappa shape index (κ3) is 6.26. The molecule has 234 valence electrons. The summed E-state index contributed by atoms with van der Waals surface area (Å²) >= 11 is 1.03. The molecule has 16 heteroatoms. The van der Waals surface area contributed by atoms with Crippen LogP contribution in [0.25, 0.3) is 11.3 Å². The zero-order valence-electron chi connectivity index (χ0n) is 23.1. The third-order valence-electron chi connectivity index (χ3n) is 7.97. The van der Waals surface area contributed by atoms with E-state index in [4.69, 9.17) is 9.47 Å². The predicted molar refractivity (Wildman–Crippen MR) is 142 cm³/mol. The molecule has 2 aliphatic rings. The number of benzene rings is 1. The molecule has 1 saturated heterocycles. The molecule has 43 heavy (non-hydrogen) atoms. The fraction of sp³-hybridized carbons (Fsp3) is 0.556. The summed E-state index contributed by atoms with van der Waals surface area (Å²) in [5.74, 6) is -7.41. The normalized spacial score (nSPS) is 27.6. The van der Waals surface area contributed by atoms with Crippen molar-refractivity contribution in [2.75, 3.05) is 13.7 Å². The summed E-state index contributed by atoms with van der Waals surface area (Å²) in [7, 11) is 1.33. The molecule has 3 aromatic rings. The first kappa shape index (κ1) is 31.7. The monoisotopic (exact) mass is 631 g/mol. The Hall–Kier alpha value is -2.76. The van der Waals surface area contributed by atoms with Gasteiger partial charge in [-0.3, -0.25) is 9.97 Å². The minimum absolute atomic E-state index is 0.0402. The van der Waals surface area contributed by atoms with Crippen LogP contribution in [0.1, 0.15) is 48.4 Å². The van der Waals surface area contributed by atoms with Crippen molar-refractivity contribution >= 4 is 11.8 Å². The summed E-state index contributed by atoms with van der Waals surface area (Å²) in [6.45, 7) is 1.04. The van der Waals surface area contributed by atoms with E-state index in [2.05, 4.69) is 20.3 Å². The standard InChI is InChI=1S/C27H30F5N5O5S/c1-13-20(34-8-7-33-13)24(26(40)3-5-27(31,32)6-4-26)43-25-23(41-2)21(22(39)18(12-38)42-25)37-11-17(35-36-37)14-9-15(28)19(30)16(29)10-14/h7-11,18,21-25,38-40H,3-6,12H2,1-2H3/t18-,21+,22+,23-,24?,25+/m1/s1. The first-order valence-corrected chi connectivity index (χ1v) is 14.4. The molecule has 0 radical (unpaired) electrons. The molecule has 0 spiro atoms. The Bertz CT molecular complexity index is 1420. The largest absolute Gasteiger partial charge is 0.394 e. The van der Waals surface area contributed by atoms with Gasteiger partial charge in [-0.2, -0.15) is 0 Å². The van der Waals surface area contributed by atoms with Crippen LogP contribution in [0.5, 0.6) is 0 Å². The average Bonchev–Trinajstić information content (AvgIpc) is 3.46. The highest BCUT2D eigenvalue weighted by Gasteiger charge is 2.53. The number of aliphatic hydroxyl groups excluding tert-OH is 2. The summed E-state index contributed by atoms with van der Waals surface area (Å²) in [4.78, 5) is 8.65. The second kappa shape index (κ2) is 12.3. The van der Waals surface area contributed by atoms with E-state index in [9.17, 15) is 37.3 Å². The number of aliphatic hydroxyl groups is 3. The van der Waals surface area contributed by atoms with Gasteiger partial charge in [0.25, 0.3) is 0 Å².